The molecule has 0 fully saturated rings. The molecule has 0 unspecified atom stereocenters. The maximum absolute atomic E-state index is 13.4. The predicted molar refractivity (Wildman–Crippen MR) is 125 cm³/mol. The van der Waals surface area contributed by atoms with Crippen molar-refractivity contribution >= 4 is 17.6 Å². The van der Waals surface area contributed by atoms with Crippen LogP contribution in [0.1, 0.15) is 27.2 Å². The summed E-state index contributed by atoms with van der Waals surface area (Å²) in [5.41, 5.74) is 4.84. The fourth-order valence-corrected chi connectivity index (χ4v) is 3.62. The summed E-state index contributed by atoms with van der Waals surface area (Å²) in [6, 6.07) is 17.2. The van der Waals surface area contributed by atoms with Crippen LogP contribution < -0.4 is 5.32 Å². The highest BCUT2D eigenvalue weighted by atomic mass is 16.5. The van der Waals surface area contributed by atoms with E-state index in [2.05, 4.69) is 16.5 Å². The number of aryl methyl sites for hydroxylation is 3. The first-order valence-corrected chi connectivity index (χ1v) is 10.5. The minimum atomic E-state index is -0.373. The number of hydrogen-bond donors (Lipinski definition) is 1. The van der Waals surface area contributed by atoms with Gasteiger partial charge in [-0.1, -0.05) is 47.1 Å². The van der Waals surface area contributed by atoms with Crippen molar-refractivity contribution in [2.24, 2.45) is 0 Å². The Bertz CT molecular complexity index is 1310. The Labute approximate surface area is 191 Å². The van der Waals surface area contributed by atoms with Crippen LogP contribution in [0.25, 0.3) is 16.9 Å². The topological polar surface area (TPSA) is 93.3 Å². The average molecular weight is 444 g/mol. The Balaban J connectivity index is 1.65. The minimum absolute atomic E-state index is 0.145. The van der Waals surface area contributed by atoms with Gasteiger partial charge in [-0.15, -0.1) is 0 Å². The molecule has 2 aromatic carbocycles. The number of nitrogens with zero attached hydrogens (tertiary/aromatic N) is 4. The van der Waals surface area contributed by atoms with Gasteiger partial charge in [0.1, 0.15) is 11.5 Å². The van der Waals surface area contributed by atoms with E-state index in [4.69, 9.17) is 9.62 Å². The van der Waals surface area contributed by atoms with E-state index in [-0.39, 0.29) is 18.4 Å². The van der Waals surface area contributed by atoms with Crippen molar-refractivity contribution in [3.05, 3.63) is 83.2 Å². The molecule has 1 N–H and O–H groups in total. The van der Waals surface area contributed by atoms with Gasteiger partial charge in [0.05, 0.1) is 17.8 Å². The average Bonchev–Trinajstić information content (AvgIpc) is 3.40. The first kappa shape index (κ1) is 22.0. The molecule has 4 rings (SSSR count). The van der Waals surface area contributed by atoms with Crippen LogP contribution in [-0.4, -0.2) is 45.2 Å². The van der Waals surface area contributed by atoms with E-state index >= 15 is 0 Å². The third kappa shape index (κ3) is 4.85. The third-order valence-corrected chi connectivity index (χ3v) is 5.23. The highest BCUT2D eigenvalue weighted by molar-refractivity contribution is 6.02. The van der Waals surface area contributed by atoms with E-state index in [1.807, 2.05) is 56.3 Å². The first-order chi connectivity index (χ1) is 15.8. The number of aromatic nitrogens is 3. The van der Waals surface area contributed by atoms with Gasteiger partial charge in [0, 0.05) is 24.9 Å². The first-order valence-electron chi connectivity index (χ1n) is 10.5. The molecule has 2 heterocycles. The number of para-hydroxylation sites is 1. The van der Waals surface area contributed by atoms with Gasteiger partial charge < -0.3 is 14.7 Å². The summed E-state index contributed by atoms with van der Waals surface area (Å²) < 4.78 is 6.65. The monoisotopic (exact) mass is 443 g/mol. The zero-order valence-electron chi connectivity index (χ0n) is 19.0. The molecule has 0 aliphatic rings. The van der Waals surface area contributed by atoms with Crippen LogP contribution in [0.5, 0.6) is 0 Å². The van der Waals surface area contributed by atoms with E-state index in [0.717, 1.165) is 22.4 Å². The number of anilines is 1. The third-order valence-electron chi connectivity index (χ3n) is 5.23. The lowest BCUT2D eigenvalue weighted by Gasteiger charge is -2.16. The van der Waals surface area contributed by atoms with Crippen LogP contribution in [0.4, 0.5) is 5.82 Å². The molecular weight excluding hydrogens is 418 g/mol. The molecule has 2 amide bonds. The maximum Gasteiger partial charge on any atom is 0.257 e. The van der Waals surface area contributed by atoms with Crippen LogP contribution in [-0.2, 0) is 4.79 Å². The fraction of sp³-hybridized carbons (Fsp3) is 0.200. The molecule has 8 nitrogen and oxygen atoms in total. The summed E-state index contributed by atoms with van der Waals surface area (Å²) in [7, 11) is 1.58. The van der Waals surface area contributed by atoms with Gasteiger partial charge in [-0.25, -0.2) is 4.68 Å². The molecule has 8 heteroatoms. The molecule has 0 radical (unpaired) electrons. The van der Waals surface area contributed by atoms with Gasteiger partial charge in [0.25, 0.3) is 5.91 Å². The Hall–Kier alpha value is -4.20. The molecular formula is C25H25N5O3. The molecule has 0 bridgehead atoms. The maximum atomic E-state index is 13.4. The zero-order chi connectivity index (χ0) is 23.5. The van der Waals surface area contributed by atoms with E-state index in [1.165, 1.54) is 4.90 Å². The molecule has 0 saturated heterocycles. The van der Waals surface area contributed by atoms with E-state index in [0.29, 0.717) is 22.8 Å². The van der Waals surface area contributed by atoms with E-state index < -0.39 is 0 Å². The van der Waals surface area contributed by atoms with Crippen LogP contribution in [0, 0.1) is 20.8 Å². The van der Waals surface area contributed by atoms with Gasteiger partial charge in [0.15, 0.2) is 5.82 Å². The Morgan fingerprint density at radius 2 is 1.82 bits per heavy atom. The van der Waals surface area contributed by atoms with Gasteiger partial charge in [-0.05, 0) is 38.5 Å². The van der Waals surface area contributed by atoms with Crippen molar-refractivity contribution in [2.75, 3.05) is 18.9 Å². The van der Waals surface area contributed by atoms with Crippen molar-refractivity contribution in [3.63, 3.8) is 0 Å². The highest BCUT2D eigenvalue weighted by Crippen LogP contribution is 2.28. The zero-order valence-corrected chi connectivity index (χ0v) is 19.0. The van der Waals surface area contributed by atoms with Crippen molar-refractivity contribution < 1.29 is 14.1 Å². The molecule has 0 atom stereocenters. The summed E-state index contributed by atoms with van der Waals surface area (Å²) in [6.45, 7) is 5.61. The fourth-order valence-electron chi connectivity index (χ4n) is 3.62. The quantitative estimate of drug-likeness (QED) is 0.483. The lowest BCUT2D eigenvalue weighted by molar-refractivity contribution is -0.116. The van der Waals surface area contributed by atoms with E-state index in [9.17, 15) is 9.59 Å². The Morgan fingerprint density at radius 1 is 1.06 bits per heavy atom. The van der Waals surface area contributed by atoms with Crippen LogP contribution >= 0.6 is 0 Å². The number of amides is 2. The highest BCUT2D eigenvalue weighted by Gasteiger charge is 2.24. The summed E-state index contributed by atoms with van der Waals surface area (Å²) in [5.74, 6) is 0.216. The normalized spacial score (nSPS) is 10.8. The molecule has 168 valence electrons. The van der Waals surface area contributed by atoms with Crippen molar-refractivity contribution in [1.82, 2.24) is 19.8 Å². The summed E-state index contributed by atoms with van der Waals surface area (Å²) >= 11 is 0. The summed E-state index contributed by atoms with van der Waals surface area (Å²) in [5, 5.41) is 11.1. The predicted octanol–water partition coefficient (Wildman–Crippen LogP) is 4.16. The smallest absolute Gasteiger partial charge is 0.257 e. The largest absolute Gasteiger partial charge is 0.360 e. The van der Waals surface area contributed by atoms with Crippen molar-refractivity contribution in [1.29, 1.82) is 0 Å². The van der Waals surface area contributed by atoms with Crippen LogP contribution in [0.15, 0.2) is 65.3 Å². The number of rotatable bonds is 6. The molecule has 4 aromatic rings. The second kappa shape index (κ2) is 9.12. The van der Waals surface area contributed by atoms with Crippen molar-refractivity contribution in [3.8, 4) is 16.9 Å². The van der Waals surface area contributed by atoms with Crippen molar-refractivity contribution in [2.45, 2.75) is 20.8 Å². The van der Waals surface area contributed by atoms with Gasteiger partial charge >= 0.3 is 0 Å². The number of carbonyl (C=O) groups excluding carboxylic acids is 2. The minimum Gasteiger partial charge on any atom is -0.360 e. The lowest BCUT2D eigenvalue weighted by Crippen LogP contribution is -2.35. The molecule has 2 aromatic heterocycles. The standard InChI is InChI=1S/C25H25N5O3/c1-16-10-11-20(17(2)12-16)24-21(14-30(27-24)19-8-6-5-7-9-19)25(32)29(4)15-23(31)26-22-13-18(3)33-28-22/h5-14H,15H2,1-4H3,(H,26,28,31). The molecule has 33 heavy (non-hydrogen) atoms. The molecule has 0 saturated carbocycles. The lowest BCUT2D eigenvalue weighted by atomic mass is 10.0. The second-order valence-electron chi connectivity index (χ2n) is 8.02. The number of nitrogens with one attached hydrogen (secondary N) is 1. The number of benzene rings is 2. The SMILES string of the molecule is Cc1ccc(-c2nn(-c3ccccc3)cc2C(=O)N(C)CC(=O)Nc2cc(C)on2)c(C)c1. The Kier molecular flexibility index (Phi) is 6.08. The number of hydrogen-bond acceptors (Lipinski definition) is 5. The molecule has 0 spiro atoms. The summed E-state index contributed by atoms with van der Waals surface area (Å²) in [6.07, 6.45) is 1.71. The van der Waals surface area contributed by atoms with Crippen LogP contribution in [0.3, 0.4) is 0 Å². The van der Waals surface area contributed by atoms with Crippen LogP contribution in [0.2, 0.25) is 0 Å². The Morgan fingerprint density at radius 3 is 2.48 bits per heavy atom. The summed E-state index contributed by atoms with van der Waals surface area (Å²) in [4.78, 5) is 27.2. The van der Waals surface area contributed by atoms with Gasteiger partial charge in [0.2, 0.25) is 5.91 Å². The molecule has 0 aliphatic carbocycles. The van der Waals surface area contributed by atoms with Gasteiger partial charge in [-0.3, -0.25) is 9.59 Å². The molecule has 0 aliphatic heterocycles. The second-order valence-corrected chi connectivity index (χ2v) is 8.02. The number of likely N-dealkylation sites (N-methyl/N-ethyl adjacent to an activating group) is 1. The van der Waals surface area contributed by atoms with Gasteiger partial charge in [-0.2, -0.15) is 5.10 Å². The van der Waals surface area contributed by atoms with E-state index in [1.54, 1.807) is 30.9 Å². The number of carbonyl (C=O) groups is 2.